The SMILES string of the molecule is COc1c(OC(F)(F)F)c(F)c(COc2ccc(CCC(=O)O)c(F)c2F)c2oc(C)cc12. The molecule has 0 radical (unpaired) electrons. The van der Waals surface area contributed by atoms with Gasteiger partial charge in [0.1, 0.15) is 18.0 Å². The monoisotopic (exact) mass is 478 g/mol. The van der Waals surface area contributed by atoms with Crippen LogP contribution in [0.15, 0.2) is 22.6 Å². The van der Waals surface area contributed by atoms with Gasteiger partial charge in [0.2, 0.25) is 11.6 Å². The normalized spacial score (nSPS) is 11.6. The number of ether oxygens (including phenoxy) is 3. The molecule has 0 aliphatic heterocycles. The van der Waals surface area contributed by atoms with Crippen LogP contribution in [-0.4, -0.2) is 24.5 Å². The second kappa shape index (κ2) is 9.12. The summed E-state index contributed by atoms with van der Waals surface area (Å²) in [5.74, 6) is -7.86. The molecule has 33 heavy (non-hydrogen) atoms. The molecule has 0 saturated heterocycles. The minimum Gasteiger partial charge on any atom is -0.492 e. The summed E-state index contributed by atoms with van der Waals surface area (Å²) in [6.07, 6.45) is -5.97. The summed E-state index contributed by atoms with van der Waals surface area (Å²) < 4.78 is 101. The predicted molar refractivity (Wildman–Crippen MR) is 101 cm³/mol. The average Bonchev–Trinajstić information content (AvgIpc) is 3.10. The molecule has 6 nitrogen and oxygen atoms in total. The molecule has 2 aromatic carbocycles. The van der Waals surface area contributed by atoms with Gasteiger partial charge in [0.15, 0.2) is 23.1 Å². The van der Waals surface area contributed by atoms with E-state index in [0.29, 0.717) is 0 Å². The van der Waals surface area contributed by atoms with Crippen LogP contribution in [0.1, 0.15) is 23.3 Å². The maximum absolute atomic E-state index is 15.0. The van der Waals surface area contributed by atoms with Crippen LogP contribution in [0.5, 0.6) is 17.2 Å². The lowest BCUT2D eigenvalue weighted by Crippen LogP contribution is -2.19. The molecule has 0 unspecified atom stereocenters. The molecular weight excluding hydrogens is 462 g/mol. The summed E-state index contributed by atoms with van der Waals surface area (Å²) in [4.78, 5) is 10.6. The van der Waals surface area contributed by atoms with Crippen molar-refractivity contribution in [3.05, 3.63) is 52.5 Å². The van der Waals surface area contributed by atoms with Crippen molar-refractivity contribution in [3.63, 3.8) is 0 Å². The van der Waals surface area contributed by atoms with Gasteiger partial charge in [-0.25, -0.2) is 8.78 Å². The van der Waals surface area contributed by atoms with Crippen molar-refractivity contribution in [2.45, 2.75) is 32.7 Å². The molecule has 0 fully saturated rings. The Hall–Kier alpha value is -3.57. The molecule has 0 aliphatic rings. The number of halogens is 6. The van der Waals surface area contributed by atoms with Crippen LogP contribution in [0, 0.1) is 24.4 Å². The van der Waals surface area contributed by atoms with E-state index in [4.69, 9.17) is 19.0 Å². The number of aryl methyl sites for hydroxylation is 2. The number of fused-ring (bicyclic) bond motifs is 1. The number of rotatable bonds is 8. The molecule has 0 bridgehead atoms. The summed E-state index contributed by atoms with van der Waals surface area (Å²) >= 11 is 0. The van der Waals surface area contributed by atoms with Crippen LogP contribution in [0.4, 0.5) is 26.3 Å². The first-order chi connectivity index (χ1) is 15.4. The number of carbonyl (C=O) groups is 1. The maximum atomic E-state index is 15.0. The second-order valence-electron chi connectivity index (χ2n) is 6.84. The van der Waals surface area contributed by atoms with E-state index in [9.17, 15) is 26.7 Å². The first-order valence-electron chi connectivity index (χ1n) is 9.28. The largest absolute Gasteiger partial charge is 0.573 e. The van der Waals surface area contributed by atoms with Crippen LogP contribution >= 0.6 is 0 Å². The molecular formula is C21H16F6O6. The molecule has 1 heterocycles. The highest BCUT2D eigenvalue weighted by Gasteiger charge is 2.36. The van der Waals surface area contributed by atoms with E-state index < -0.39 is 65.6 Å². The van der Waals surface area contributed by atoms with Crippen molar-refractivity contribution in [1.29, 1.82) is 0 Å². The lowest BCUT2D eigenvalue weighted by atomic mass is 10.1. The van der Waals surface area contributed by atoms with Crippen molar-refractivity contribution < 1.29 is 54.9 Å². The molecule has 3 aromatic rings. The molecule has 0 amide bonds. The van der Waals surface area contributed by atoms with E-state index in [-0.39, 0.29) is 28.7 Å². The van der Waals surface area contributed by atoms with Crippen molar-refractivity contribution in [2.24, 2.45) is 0 Å². The molecule has 0 spiro atoms. The number of benzene rings is 2. The van der Waals surface area contributed by atoms with E-state index in [2.05, 4.69) is 4.74 Å². The zero-order valence-corrected chi connectivity index (χ0v) is 17.1. The van der Waals surface area contributed by atoms with Gasteiger partial charge in [-0.3, -0.25) is 4.79 Å². The van der Waals surface area contributed by atoms with Crippen molar-refractivity contribution in [1.82, 2.24) is 0 Å². The van der Waals surface area contributed by atoms with Crippen LogP contribution < -0.4 is 14.2 Å². The van der Waals surface area contributed by atoms with Crippen molar-refractivity contribution >= 4 is 16.9 Å². The van der Waals surface area contributed by atoms with E-state index in [0.717, 1.165) is 19.2 Å². The lowest BCUT2D eigenvalue weighted by Gasteiger charge is -2.17. The summed E-state index contributed by atoms with van der Waals surface area (Å²) in [6.45, 7) is 0.607. The van der Waals surface area contributed by atoms with Crippen LogP contribution in [0.3, 0.4) is 0 Å². The summed E-state index contributed by atoms with van der Waals surface area (Å²) in [6, 6.07) is 3.37. The topological polar surface area (TPSA) is 78.1 Å². The molecule has 3 rings (SSSR count). The Morgan fingerprint density at radius 2 is 1.79 bits per heavy atom. The van der Waals surface area contributed by atoms with Crippen LogP contribution in [0.25, 0.3) is 11.0 Å². The van der Waals surface area contributed by atoms with E-state index in [1.807, 2.05) is 0 Å². The third-order valence-corrected chi connectivity index (χ3v) is 4.57. The standard InChI is InChI=1S/C21H16F6O6/c1-9-7-11-18(32-9)12(16(23)20(19(11)30-2)33-21(25,26)27)8-31-13-5-3-10(4-6-14(28)29)15(22)17(13)24/h3,5,7H,4,6,8H2,1-2H3,(H,28,29). The second-order valence-corrected chi connectivity index (χ2v) is 6.84. The minimum atomic E-state index is -5.25. The summed E-state index contributed by atoms with van der Waals surface area (Å²) in [5, 5.41) is 8.62. The van der Waals surface area contributed by atoms with Gasteiger partial charge in [-0.1, -0.05) is 6.07 Å². The van der Waals surface area contributed by atoms with Gasteiger partial charge < -0.3 is 23.7 Å². The van der Waals surface area contributed by atoms with Gasteiger partial charge in [0, 0.05) is 6.42 Å². The van der Waals surface area contributed by atoms with Gasteiger partial charge in [0.25, 0.3) is 0 Å². The van der Waals surface area contributed by atoms with Gasteiger partial charge in [-0.15, -0.1) is 13.2 Å². The first kappa shape index (κ1) is 24.1. The van der Waals surface area contributed by atoms with Crippen LogP contribution in [-0.2, 0) is 17.8 Å². The van der Waals surface area contributed by atoms with E-state index in [1.54, 1.807) is 0 Å². The Morgan fingerprint density at radius 3 is 2.39 bits per heavy atom. The molecule has 0 aliphatic carbocycles. The van der Waals surface area contributed by atoms with Crippen LogP contribution in [0.2, 0.25) is 0 Å². The highest BCUT2D eigenvalue weighted by molar-refractivity contribution is 5.90. The fourth-order valence-electron chi connectivity index (χ4n) is 3.17. The number of carboxylic acid groups (broad SMARTS) is 1. The molecule has 1 N–H and O–H groups in total. The predicted octanol–water partition coefficient (Wildman–Crippen LogP) is 5.66. The van der Waals surface area contributed by atoms with Crippen molar-refractivity contribution in [3.8, 4) is 17.2 Å². The third-order valence-electron chi connectivity index (χ3n) is 4.57. The highest BCUT2D eigenvalue weighted by Crippen LogP contribution is 2.44. The zero-order valence-electron chi connectivity index (χ0n) is 17.1. The van der Waals surface area contributed by atoms with Gasteiger partial charge in [-0.2, -0.15) is 4.39 Å². The number of furan rings is 1. The smallest absolute Gasteiger partial charge is 0.492 e. The van der Waals surface area contributed by atoms with Crippen molar-refractivity contribution in [2.75, 3.05) is 7.11 Å². The zero-order chi connectivity index (χ0) is 24.5. The quantitative estimate of drug-likeness (QED) is 0.421. The number of hydrogen-bond donors (Lipinski definition) is 1. The highest BCUT2D eigenvalue weighted by atomic mass is 19.4. The molecule has 0 atom stereocenters. The fraction of sp³-hybridized carbons (Fsp3) is 0.286. The molecule has 0 saturated carbocycles. The van der Waals surface area contributed by atoms with Gasteiger partial charge >= 0.3 is 12.3 Å². The Bertz CT molecular complexity index is 1200. The van der Waals surface area contributed by atoms with Gasteiger partial charge in [-0.05, 0) is 31.0 Å². The summed E-state index contributed by atoms with van der Waals surface area (Å²) in [5.41, 5.74) is -0.994. The molecule has 12 heteroatoms. The number of methoxy groups -OCH3 is 1. The maximum Gasteiger partial charge on any atom is 0.573 e. The number of alkyl halides is 3. The summed E-state index contributed by atoms with van der Waals surface area (Å²) in [7, 11) is 1.01. The Morgan fingerprint density at radius 1 is 1.09 bits per heavy atom. The number of carboxylic acids is 1. The Labute approximate surface area is 182 Å². The van der Waals surface area contributed by atoms with E-state index >= 15 is 4.39 Å². The minimum absolute atomic E-state index is 0.0510. The Balaban J connectivity index is 2.00. The van der Waals surface area contributed by atoms with Gasteiger partial charge in [0.05, 0.1) is 18.1 Å². The van der Waals surface area contributed by atoms with E-state index in [1.165, 1.54) is 13.0 Å². The number of hydrogen-bond acceptors (Lipinski definition) is 5. The lowest BCUT2D eigenvalue weighted by molar-refractivity contribution is -0.276. The average molecular weight is 478 g/mol. The Kier molecular flexibility index (Phi) is 6.65. The third kappa shape index (κ3) is 5.10. The number of aliphatic carboxylic acids is 1. The first-order valence-corrected chi connectivity index (χ1v) is 9.28. The fourth-order valence-corrected chi connectivity index (χ4v) is 3.17. The molecule has 1 aromatic heterocycles. The molecule has 178 valence electrons.